The zero-order valence-corrected chi connectivity index (χ0v) is 13.0. The fraction of sp³-hybridized carbons (Fsp3) is 0.467. The van der Waals surface area contributed by atoms with Crippen molar-refractivity contribution in [1.29, 1.82) is 0 Å². The van der Waals surface area contributed by atoms with Crippen LogP contribution in [-0.2, 0) is 25.7 Å². The molecule has 7 heteroatoms. The average Bonchev–Trinajstić information content (AvgIpc) is 2.51. The molecular formula is C15H21N3O4. The highest BCUT2D eigenvalue weighted by Crippen LogP contribution is 2.06. The second-order valence-electron chi connectivity index (χ2n) is 5.18. The average molecular weight is 307 g/mol. The quantitative estimate of drug-likeness (QED) is 0.586. The predicted octanol–water partition coefficient (Wildman–Crippen LogP) is 0.402. The zero-order valence-electron chi connectivity index (χ0n) is 13.0. The lowest BCUT2D eigenvalue weighted by Crippen LogP contribution is -2.48. The first-order valence-electron chi connectivity index (χ1n) is 7.00. The third-order valence-electron chi connectivity index (χ3n) is 2.86. The molecule has 1 aromatic heterocycles. The molecule has 22 heavy (non-hydrogen) atoms. The minimum atomic E-state index is -0.869. The number of hydrogen-bond donors (Lipinski definition) is 2. The van der Waals surface area contributed by atoms with Crippen LogP contribution in [0.5, 0.6) is 0 Å². The number of ether oxygens (including phenoxy) is 1. The van der Waals surface area contributed by atoms with Crippen LogP contribution in [0.3, 0.4) is 0 Å². The molecule has 2 amide bonds. The smallest absolute Gasteiger partial charge is 0.328 e. The summed E-state index contributed by atoms with van der Waals surface area (Å²) in [6, 6.07) is 4.43. The van der Waals surface area contributed by atoms with Crippen molar-refractivity contribution >= 4 is 17.8 Å². The molecule has 0 spiro atoms. The van der Waals surface area contributed by atoms with Crippen LogP contribution >= 0.6 is 0 Å². The molecule has 0 aliphatic carbocycles. The van der Waals surface area contributed by atoms with Gasteiger partial charge in [0.25, 0.3) is 0 Å². The predicted molar refractivity (Wildman–Crippen MR) is 79.5 cm³/mol. The van der Waals surface area contributed by atoms with E-state index in [0.29, 0.717) is 12.1 Å². The Bertz CT molecular complexity index is 517. The number of aromatic nitrogens is 1. The highest BCUT2D eigenvalue weighted by atomic mass is 16.5. The van der Waals surface area contributed by atoms with Crippen molar-refractivity contribution in [2.24, 2.45) is 5.92 Å². The normalized spacial score (nSPS) is 11.6. The molecule has 0 unspecified atom stereocenters. The van der Waals surface area contributed by atoms with E-state index in [0.717, 1.165) is 0 Å². The molecule has 1 aromatic rings. The van der Waals surface area contributed by atoms with Crippen molar-refractivity contribution in [3.05, 3.63) is 30.1 Å². The fourth-order valence-electron chi connectivity index (χ4n) is 1.81. The standard InChI is InChI=1S/C15H21N3O4/c1-10(2)8-12(15(21)22-3)18-14(20)13(19)17-9-11-6-4-5-7-16-11/h4-7,10,12H,8-9H2,1-3H3,(H,17,19)(H,18,20)/t12-/m1/s1. The van der Waals surface area contributed by atoms with Gasteiger partial charge in [-0.15, -0.1) is 0 Å². The number of methoxy groups -OCH3 is 1. The van der Waals surface area contributed by atoms with E-state index in [1.807, 2.05) is 13.8 Å². The molecule has 120 valence electrons. The highest BCUT2D eigenvalue weighted by Gasteiger charge is 2.25. The zero-order chi connectivity index (χ0) is 16.5. The Kier molecular flexibility index (Phi) is 7.01. The van der Waals surface area contributed by atoms with Gasteiger partial charge in [-0.05, 0) is 24.5 Å². The Balaban J connectivity index is 2.53. The number of hydrogen-bond acceptors (Lipinski definition) is 5. The Morgan fingerprint density at radius 2 is 1.95 bits per heavy atom. The molecule has 0 aliphatic heterocycles. The lowest BCUT2D eigenvalue weighted by molar-refractivity contribution is -0.147. The summed E-state index contributed by atoms with van der Waals surface area (Å²) in [6.45, 7) is 3.95. The van der Waals surface area contributed by atoms with Gasteiger partial charge >= 0.3 is 17.8 Å². The summed E-state index contributed by atoms with van der Waals surface area (Å²) in [7, 11) is 1.24. The number of carbonyl (C=O) groups is 3. The lowest BCUT2D eigenvalue weighted by Gasteiger charge is -2.17. The third kappa shape index (κ3) is 5.90. The van der Waals surface area contributed by atoms with Crippen LogP contribution in [0.25, 0.3) is 0 Å². The molecular weight excluding hydrogens is 286 g/mol. The monoisotopic (exact) mass is 307 g/mol. The molecule has 0 saturated heterocycles. The van der Waals surface area contributed by atoms with Gasteiger partial charge in [0, 0.05) is 6.20 Å². The van der Waals surface area contributed by atoms with E-state index in [-0.39, 0.29) is 12.5 Å². The van der Waals surface area contributed by atoms with E-state index in [9.17, 15) is 14.4 Å². The summed E-state index contributed by atoms with van der Waals surface area (Å²) in [5.74, 6) is -2.09. The van der Waals surface area contributed by atoms with Gasteiger partial charge in [0.1, 0.15) is 6.04 Å². The maximum Gasteiger partial charge on any atom is 0.328 e. The van der Waals surface area contributed by atoms with E-state index in [1.165, 1.54) is 7.11 Å². The van der Waals surface area contributed by atoms with E-state index in [1.54, 1.807) is 24.4 Å². The van der Waals surface area contributed by atoms with Crippen LogP contribution in [0, 0.1) is 5.92 Å². The van der Waals surface area contributed by atoms with Crippen LogP contribution in [0.1, 0.15) is 26.0 Å². The van der Waals surface area contributed by atoms with Gasteiger partial charge in [-0.1, -0.05) is 19.9 Å². The van der Waals surface area contributed by atoms with Gasteiger partial charge in [-0.2, -0.15) is 0 Å². The van der Waals surface area contributed by atoms with Gasteiger partial charge in [0.15, 0.2) is 0 Å². The Labute approximate surface area is 129 Å². The Morgan fingerprint density at radius 1 is 1.23 bits per heavy atom. The minimum Gasteiger partial charge on any atom is -0.467 e. The molecule has 0 aliphatic rings. The van der Waals surface area contributed by atoms with Crippen LogP contribution in [0.4, 0.5) is 0 Å². The Hall–Kier alpha value is -2.44. The topological polar surface area (TPSA) is 97.4 Å². The molecule has 0 radical (unpaired) electrons. The first-order valence-corrected chi connectivity index (χ1v) is 7.00. The molecule has 1 rings (SSSR count). The summed E-state index contributed by atoms with van der Waals surface area (Å²) in [5.41, 5.74) is 0.635. The maximum atomic E-state index is 11.8. The summed E-state index contributed by atoms with van der Waals surface area (Å²) < 4.78 is 4.63. The summed E-state index contributed by atoms with van der Waals surface area (Å²) in [6.07, 6.45) is 1.99. The Morgan fingerprint density at radius 3 is 2.50 bits per heavy atom. The summed E-state index contributed by atoms with van der Waals surface area (Å²) >= 11 is 0. The minimum absolute atomic E-state index is 0.139. The van der Waals surface area contributed by atoms with Crippen molar-refractivity contribution in [2.75, 3.05) is 7.11 Å². The number of esters is 1. The molecule has 0 fully saturated rings. The number of amides is 2. The number of rotatable bonds is 6. The molecule has 0 bridgehead atoms. The second-order valence-corrected chi connectivity index (χ2v) is 5.18. The lowest BCUT2D eigenvalue weighted by atomic mass is 10.0. The third-order valence-corrected chi connectivity index (χ3v) is 2.86. The van der Waals surface area contributed by atoms with Crippen molar-refractivity contribution in [1.82, 2.24) is 15.6 Å². The first-order chi connectivity index (χ1) is 10.4. The van der Waals surface area contributed by atoms with Crippen molar-refractivity contribution in [2.45, 2.75) is 32.9 Å². The molecule has 0 aromatic carbocycles. The van der Waals surface area contributed by atoms with E-state index >= 15 is 0 Å². The number of nitrogens with zero attached hydrogens (tertiary/aromatic N) is 1. The van der Waals surface area contributed by atoms with Crippen molar-refractivity contribution < 1.29 is 19.1 Å². The van der Waals surface area contributed by atoms with Gasteiger partial charge in [-0.3, -0.25) is 14.6 Å². The van der Waals surface area contributed by atoms with Gasteiger partial charge < -0.3 is 15.4 Å². The van der Waals surface area contributed by atoms with Crippen molar-refractivity contribution in [3.8, 4) is 0 Å². The molecule has 1 heterocycles. The molecule has 7 nitrogen and oxygen atoms in total. The van der Waals surface area contributed by atoms with Gasteiger partial charge in [0.05, 0.1) is 19.3 Å². The summed E-state index contributed by atoms with van der Waals surface area (Å²) in [5, 5.41) is 4.84. The molecule has 2 N–H and O–H groups in total. The van der Waals surface area contributed by atoms with E-state index in [4.69, 9.17) is 0 Å². The van der Waals surface area contributed by atoms with Crippen LogP contribution in [0.2, 0.25) is 0 Å². The first kappa shape index (κ1) is 17.6. The maximum absolute atomic E-state index is 11.8. The van der Waals surface area contributed by atoms with Crippen LogP contribution in [-0.4, -0.2) is 35.9 Å². The summed E-state index contributed by atoms with van der Waals surface area (Å²) in [4.78, 5) is 39.2. The second kappa shape index (κ2) is 8.76. The van der Waals surface area contributed by atoms with Crippen molar-refractivity contribution in [3.63, 3.8) is 0 Å². The van der Waals surface area contributed by atoms with Crippen LogP contribution in [0.15, 0.2) is 24.4 Å². The van der Waals surface area contributed by atoms with E-state index < -0.39 is 23.8 Å². The van der Waals surface area contributed by atoms with E-state index in [2.05, 4.69) is 20.4 Å². The number of pyridine rings is 1. The molecule has 0 saturated carbocycles. The molecule has 1 atom stereocenters. The van der Waals surface area contributed by atoms with Gasteiger partial charge in [-0.25, -0.2) is 4.79 Å². The van der Waals surface area contributed by atoms with Gasteiger partial charge in [0.2, 0.25) is 0 Å². The SMILES string of the molecule is COC(=O)[C@@H](CC(C)C)NC(=O)C(=O)NCc1ccccn1. The fourth-order valence-corrected chi connectivity index (χ4v) is 1.81. The number of carbonyl (C=O) groups excluding carboxylic acids is 3. The highest BCUT2D eigenvalue weighted by molar-refractivity contribution is 6.35. The largest absolute Gasteiger partial charge is 0.467 e. The van der Waals surface area contributed by atoms with Crippen LogP contribution < -0.4 is 10.6 Å². The number of nitrogens with one attached hydrogen (secondary N) is 2.